The summed E-state index contributed by atoms with van der Waals surface area (Å²) in [4.78, 5) is 2.64. The number of likely N-dealkylation sites (tertiary alicyclic amines) is 1. The second kappa shape index (κ2) is 3.83. The number of benzene rings is 2. The molecule has 2 aliphatic rings. The van der Waals surface area contributed by atoms with E-state index in [0.29, 0.717) is 11.5 Å². The zero-order valence-corrected chi connectivity index (χ0v) is 11.8. The zero-order chi connectivity index (χ0) is 13.0. The molecule has 2 atom stereocenters. The molecule has 0 radical (unpaired) electrons. The monoisotopic (exact) mass is 251 g/mol. The number of nitrogens with zero attached hydrogens (tertiary/aromatic N) is 1. The van der Waals surface area contributed by atoms with Crippen molar-refractivity contribution in [3.63, 3.8) is 0 Å². The van der Waals surface area contributed by atoms with E-state index < -0.39 is 0 Å². The molecule has 1 saturated carbocycles. The summed E-state index contributed by atoms with van der Waals surface area (Å²) in [5.74, 6) is 0.899. The van der Waals surface area contributed by atoms with Crippen molar-refractivity contribution in [3.8, 4) is 0 Å². The van der Waals surface area contributed by atoms with Crippen molar-refractivity contribution in [2.75, 3.05) is 13.1 Å². The van der Waals surface area contributed by atoms with E-state index in [1.165, 1.54) is 30.3 Å². The lowest BCUT2D eigenvalue weighted by molar-refractivity contribution is 0.243. The van der Waals surface area contributed by atoms with Gasteiger partial charge in [0.15, 0.2) is 0 Å². The molecule has 2 aromatic rings. The Labute approximate surface area is 115 Å². The first-order chi connectivity index (χ1) is 9.19. The van der Waals surface area contributed by atoms with Gasteiger partial charge in [-0.05, 0) is 42.5 Å². The first-order valence-electron chi connectivity index (χ1n) is 7.42. The molecule has 0 amide bonds. The number of piperidine rings is 1. The van der Waals surface area contributed by atoms with Gasteiger partial charge in [0.1, 0.15) is 0 Å². The van der Waals surface area contributed by atoms with E-state index in [2.05, 4.69) is 61.2 Å². The molecule has 2 fully saturated rings. The summed E-state index contributed by atoms with van der Waals surface area (Å²) in [6, 6.07) is 16.5. The van der Waals surface area contributed by atoms with Crippen LogP contribution in [-0.4, -0.2) is 24.0 Å². The summed E-state index contributed by atoms with van der Waals surface area (Å²) in [5.41, 5.74) is 2.05. The van der Waals surface area contributed by atoms with Gasteiger partial charge >= 0.3 is 0 Å². The van der Waals surface area contributed by atoms with Crippen molar-refractivity contribution in [3.05, 3.63) is 48.0 Å². The smallest absolute Gasteiger partial charge is 0.0125 e. The Kier molecular flexibility index (Phi) is 2.32. The van der Waals surface area contributed by atoms with Crippen LogP contribution in [0.1, 0.15) is 25.8 Å². The lowest BCUT2D eigenvalue weighted by Crippen LogP contribution is -2.32. The zero-order valence-electron chi connectivity index (χ0n) is 11.8. The quantitative estimate of drug-likeness (QED) is 0.784. The molecule has 1 nitrogen and oxygen atoms in total. The largest absolute Gasteiger partial charge is 0.300 e. The molecule has 1 aliphatic carbocycles. The molecular weight excluding hydrogens is 230 g/mol. The minimum Gasteiger partial charge on any atom is -0.300 e. The van der Waals surface area contributed by atoms with Crippen LogP contribution in [0.3, 0.4) is 0 Å². The molecule has 0 aromatic heterocycles. The highest BCUT2D eigenvalue weighted by Gasteiger charge is 2.60. The van der Waals surface area contributed by atoms with Gasteiger partial charge in [-0.3, -0.25) is 4.90 Å². The first kappa shape index (κ1) is 11.5. The van der Waals surface area contributed by atoms with Gasteiger partial charge in [0.25, 0.3) is 0 Å². The molecule has 2 aromatic carbocycles. The second-order valence-corrected chi connectivity index (χ2v) is 6.64. The van der Waals surface area contributed by atoms with Crippen LogP contribution < -0.4 is 0 Å². The maximum atomic E-state index is 2.64. The molecule has 1 heterocycles. The summed E-state index contributed by atoms with van der Waals surface area (Å²) in [5, 5.41) is 2.75. The maximum Gasteiger partial charge on any atom is 0.0125 e. The summed E-state index contributed by atoms with van der Waals surface area (Å²) >= 11 is 0. The molecule has 1 heteroatoms. The van der Waals surface area contributed by atoms with Gasteiger partial charge in [0.05, 0.1) is 0 Å². The van der Waals surface area contributed by atoms with Gasteiger partial charge in [0, 0.05) is 24.5 Å². The molecule has 1 unspecified atom stereocenters. The normalized spacial score (nSPS) is 29.9. The molecule has 0 N–H and O–H groups in total. The van der Waals surface area contributed by atoms with E-state index in [1.54, 1.807) is 5.56 Å². The van der Waals surface area contributed by atoms with Crippen LogP contribution >= 0.6 is 0 Å². The van der Waals surface area contributed by atoms with Crippen molar-refractivity contribution in [1.82, 2.24) is 4.90 Å². The molecule has 98 valence electrons. The Morgan fingerprint density at radius 3 is 2.63 bits per heavy atom. The lowest BCUT2D eigenvalue weighted by atomic mass is 9.92. The van der Waals surface area contributed by atoms with Crippen LogP contribution in [0, 0.1) is 5.92 Å². The molecule has 0 bridgehead atoms. The maximum absolute atomic E-state index is 2.64. The Morgan fingerprint density at radius 2 is 1.89 bits per heavy atom. The van der Waals surface area contributed by atoms with E-state index in [4.69, 9.17) is 0 Å². The third-order valence-electron chi connectivity index (χ3n) is 5.23. The summed E-state index contributed by atoms with van der Waals surface area (Å²) < 4.78 is 0. The fourth-order valence-electron chi connectivity index (χ4n) is 3.86. The van der Waals surface area contributed by atoms with Gasteiger partial charge in [-0.15, -0.1) is 0 Å². The molecule has 1 saturated heterocycles. The standard InChI is InChI=1S/C18H21N/c1-13(2)19-11-17-10-18(17,12-19)16-8-7-14-5-3-4-6-15(14)9-16/h3-9,13,17H,10-12H2,1-2H3/t17?,18-/m0/s1. The fourth-order valence-corrected chi connectivity index (χ4v) is 3.86. The highest BCUT2D eigenvalue weighted by Crippen LogP contribution is 2.59. The topological polar surface area (TPSA) is 3.24 Å². The van der Waals surface area contributed by atoms with Crippen molar-refractivity contribution >= 4 is 10.8 Å². The van der Waals surface area contributed by atoms with Crippen LogP contribution in [-0.2, 0) is 5.41 Å². The number of fused-ring (bicyclic) bond motifs is 2. The molecule has 1 aliphatic heterocycles. The third-order valence-corrected chi connectivity index (χ3v) is 5.23. The lowest BCUT2D eigenvalue weighted by Gasteiger charge is -2.24. The number of rotatable bonds is 2. The average molecular weight is 251 g/mol. The van der Waals surface area contributed by atoms with Crippen LogP contribution in [0.4, 0.5) is 0 Å². The highest BCUT2D eigenvalue weighted by atomic mass is 15.2. The molecule has 4 rings (SSSR count). The van der Waals surface area contributed by atoms with Crippen LogP contribution in [0.2, 0.25) is 0 Å². The number of hydrogen-bond acceptors (Lipinski definition) is 1. The Balaban J connectivity index is 1.72. The SMILES string of the molecule is CC(C)N1CC2C[C@@]2(c2ccc3ccccc3c2)C1. The summed E-state index contributed by atoms with van der Waals surface area (Å²) in [6.45, 7) is 7.19. The summed E-state index contributed by atoms with van der Waals surface area (Å²) in [6.07, 6.45) is 1.40. The predicted octanol–water partition coefficient (Wildman–Crippen LogP) is 3.82. The van der Waals surface area contributed by atoms with Crippen molar-refractivity contribution in [2.24, 2.45) is 5.92 Å². The van der Waals surface area contributed by atoms with Gasteiger partial charge in [-0.2, -0.15) is 0 Å². The Morgan fingerprint density at radius 1 is 1.11 bits per heavy atom. The highest BCUT2D eigenvalue weighted by molar-refractivity contribution is 5.83. The van der Waals surface area contributed by atoms with Crippen LogP contribution in [0.5, 0.6) is 0 Å². The van der Waals surface area contributed by atoms with E-state index in [-0.39, 0.29) is 0 Å². The Bertz CT molecular complexity index is 630. The van der Waals surface area contributed by atoms with Crippen LogP contribution in [0.25, 0.3) is 10.8 Å². The first-order valence-corrected chi connectivity index (χ1v) is 7.42. The third kappa shape index (κ3) is 1.64. The predicted molar refractivity (Wildman–Crippen MR) is 80.4 cm³/mol. The van der Waals surface area contributed by atoms with E-state index in [1.807, 2.05) is 0 Å². The van der Waals surface area contributed by atoms with Crippen LogP contribution in [0.15, 0.2) is 42.5 Å². The summed E-state index contributed by atoms with van der Waals surface area (Å²) in [7, 11) is 0. The fraction of sp³-hybridized carbons (Fsp3) is 0.444. The van der Waals surface area contributed by atoms with Gasteiger partial charge in [0.2, 0.25) is 0 Å². The van der Waals surface area contributed by atoms with Crippen molar-refractivity contribution in [1.29, 1.82) is 0 Å². The van der Waals surface area contributed by atoms with Gasteiger partial charge in [-0.25, -0.2) is 0 Å². The number of hydrogen-bond donors (Lipinski definition) is 0. The van der Waals surface area contributed by atoms with Crippen molar-refractivity contribution in [2.45, 2.75) is 31.7 Å². The second-order valence-electron chi connectivity index (χ2n) is 6.64. The van der Waals surface area contributed by atoms with E-state index in [0.717, 1.165) is 5.92 Å². The molecule has 0 spiro atoms. The minimum atomic E-state index is 0.480. The van der Waals surface area contributed by atoms with E-state index >= 15 is 0 Å². The molecule has 19 heavy (non-hydrogen) atoms. The average Bonchev–Trinajstić information content (AvgIpc) is 3.00. The van der Waals surface area contributed by atoms with Crippen molar-refractivity contribution < 1.29 is 0 Å². The Hall–Kier alpha value is -1.34. The van der Waals surface area contributed by atoms with Gasteiger partial charge in [-0.1, -0.05) is 42.5 Å². The minimum absolute atomic E-state index is 0.480. The van der Waals surface area contributed by atoms with Gasteiger partial charge < -0.3 is 0 Å². The van der Waals surface area contributed by atoms with E-state index in [9.17, 15) is 0 Å². The molecular formula is C18H21N.